The molecule has 0 aliphatic carbocycles. The van der Waals surface area contributed by atoms with Gasteiger partial charge in [-0.1, -0.05) is 12.1 Å². The van der Waals surface area contributed by atoms with Gasteiger partial charge in [0.05, 0.1) is 7.11 Å². The normalized spacial score (nSPS) is 11.5. The van der Waals surface area contributed by atoms with Gasteiger partial charge in [0.15, 0.2) is 0 Å². The van der Waals surface area contributed by atoms with Crippen molar-refractivity contribution in [2.75, 3.05) is 27.9 Å². The Labute approximate surface area is 89.4 Å². The van der Waals surface area contributed by atoms with E-state index >= 15 is 0 Å². The van der Waals surface area contributed by atoms with Crippen LogP contribution in [-0.2, 0) is 15.3 Å². The molecule has 15 heavy (non-hydrogen) atoms. The summed E-state index contributed by atoms with van der Waals surface area (Å²) < 4.78 is 15.5. The topological polar surface area (TPSA) is 47.9 Å². The lowest BCUT2D eigenvalue weighted by Crippen LogP contribution is -2.34. The molecule has 1 aromatic rings. The zero-order chi connectivity index (χ0) is 11.3. The Morgan fingerprint density at radius 3 is 2.33 bits per heavy atom. The summed E-state index contributed by atoms with van der Waals surface area (Å²) in [6.45, 7) is -0.257. The van der Waals surface area contributed by atoms with Crippen molar-refractivity contribution in [2.45, 2.75) is 5.79 Å². The summed E-state index contributed by atoms with van der Waals surface area (Å²) in [6.07, 6.45) is 0. The fourth-order valence-electron chi connectivity index (χ4n) is 1.40. The van der Waals surface area contributed by atoms with Crippen LogP contribution in [0.3, 0.4) is 0 Å². The van der Waals surface area contributed by atoms with Crippen molar-refractivity contribution in [2.24, 2.45) is 0 Å². The molecule has 1 rings (SSSR count). The molecule has 0 aliphatic heterocycles. The zero-order valence-electron chi connectivity index (χ0n) is 9.19. The average Bonchev–Trinajstić information content (AvgIpc) is 2.32. The monoisotopic (exact) mass is 212 g/mol. The second kappa shape index (κ2) is 5.11. The highest BCUT2D eigenvalue weighted by Crippen LogP contribution is 2.28. The van der Waals surface area contributed by atoms with Crippen LogP contribution in [0.25, 0.3) is 0 Å². The molecule has 4 heteroatoms. The standard InChI is InChI=1S/C11H16O4/c1-13-10-6-4-5-9(7-10)11(8-12,14-2)15-3/h4-7,12H,8H2,1-3H3. The Morgan fingerprint density at radius 2 is 1.87 bits per heavy atom. The maximum Gasteiger partial charge on any atom is 0.218 e. The van der Waals surface area contributed by atoms with Crippen molar-refractivity contribution in [1.82, 2.24) is 0 Å². The molecule has 0 aromatic heterocycles. The van der Waals surface area contributed by atoms with Gasteiger partial charge in [-0.25, -0.2) is 0 Å². The van der Waals surface area contributed by atoms with Crippen molar-refractivity contribution < 1.29 is 19.3 Å². The Morgan fingerprint density at radius 1 is 1.20 bits per heavy atom. The van der Waals surface area contributed by atoms with Crippen LogP contribution in [0.2, 0.25) is 0 Å². The van der Waals surface area contributed by atoms with Gasteiger partial charge in [0.25, 0.3) is 0 Å². The second-order valence-electron chi connectivity index (χ2n) is 3.05. The fourth-order valence-corrected chi connectivity index (χ4v) is 1.40. The minimum atomic E-state index is -1.12. The predicted molar refractivity (Wildman–Crippen MR) is 55.8 cm³/mol. The van der Waals surface area contributed by atoms with Crippen molar-refractivity contribution in [3.63, 3.8) is 0 Å². The number of benzene rings is 1. The summed E-state index contributed by atoms with van der Waals surface area (Å²) in [5.41, 5.74) is 0.717. The number of methoxy groups -OCH3 is 3. The van der Waals surface area contributed by atoms with Gasteiger partial charge in [0.1, 0.15) is 12.4 Å². The highest BCUT2D eigenvalue weighted by Gasteiger charge is 2.31. The van der Waals surface area contributed by atoms with E-state index in [2.05, 4.69) is 0 Å². The van der Waals surface area contributed by atoms with Crippen LogP contribution >= 0.6 is 0 Å². The summed E-state index contributed by atoms with van der Waals surface area (Å²) in [4.78, 5) is 0. The number of ether oxygens (including phenoxy) is 3. The smallest absolute Gasteiger partial charge is 0.218 e. The number of aliphatic hydroxyl groups is 1. The number of aliphatic hydroxyl groups excluding tert-OH is 1. The summed E-state index contributed by atoms with van der Waals surface area (Å²) >= 11 is 0. The minimum Gasteiger partial charge on any atom is -0.497 e. The summed E-state index contributed by atoms with van der Waals surface area (Å²) in [7, 11) is 4.55. The van der Waals surface area contributed by atoms with Crippen LogP contribution in [0, 0.1) is 0 Å². The van der Waals surface area contributed by atoms with E-state index in [-0.39, 0.29) is 6.61 Å². The molecule has 0 heterocycles. The SMILES string of the molecule is COc1cccc(C(CO)(OC)OC)c1. The maximum absolute atomic E-state index is 9.30. The molecule has 0 fully saturated rings. The summed E-state index contributed by atoms with van der Waals surface area (Å²) in [5.74, 6) is -0.423. The van der Waals surface area contributed by atoms with Crippen molar-refractivity contribution in [3.05, 3.63) is 29.8 Å². The minimum absolute atomic E-state index is 0.257. The first-order valence-electron chi connectivity index (χ1n) is 4.58. The molecule has 0 unspecified atom stereocenters. The first kappa shape index (κ1) is 12.0. The average molecular weight is 212 g/mol. The highest BCUT2D eigenvalue weighted by atomic mass is 16.7. The van der Waals surface area contributed by atoms with E-state index in [1.54, 1.807) is 13.2 Å². The van der Waals surface area contributed by atoms with Gasteiger partial charge in [0.2, 0.25) is 5.79 Å². The third kappa shape index (κ3) is 2.28. The van der Waals surface area contributed by atoms with Crippen molar-refractivity contribution in [1.29, 1.82) is 0 Å². The molecular formula is C11H16O4. The molecule has 0 radical (unpaired) electrons. The predicted octanol–water partition coefficient (Wildman–Crippen LogP) is 1.13. The quantitative estimate of drug-likeness (QED) is 0.743. The van der Waals surface area contributed by atoms with E-state index < -0.39 is 5.79 Å². The Bertz CT molecular complexity index is 299. The number of rotatable bonds is 5. The summed E-state index contributed by atoms with van der Waals surface area (Å²) in [6, 6.07) is 7.21. The lowest BCUT2D eigenvalue weighted by Gasteiger charge is -2.29. The van der Waals surface area contributed by atoms with Gasteiger partial charge in [-0.15, -0.1) is 0 Å². The zero-order valence-corrected chi connectivity index (χ0v) is 9.19. The Hall–Kier alpha value is -1.10. The third-order valence-electron chi connectivity index (χ3n) is 2.38. The molecule has 0 amide bonds. The molecule has 0 spiro atoms. The second-order valence-corrected chi connectivity index (χ2v) is 3.05. The highest BCUT2D eigenvalue weighted by molar-refractivity contribution is 5.31. The molecule has 0 atom stereocenters. The molecule has 1 aromatic carbocycles. The molecule has 1 N–H and O–H groups in total. The molecule has 4 nitrogen and oxygen atoms in total. The van der Waals surface area contributed by atoms with Gasteiger partial charge < -0.3 is 19.3 Å². The van der Waals surface area contributed by atoms with E-state index in [0.29, 0.717) is 11.3 Å². The van der Waals surface area contributed by atoms with Crippen LogP contribution in [0.1, 0.15) is 5.56 Å². The number of hydrogen-bond donors (Lipinski definition) is 1. The van der Waals surface area contributed by atoms with Crippen LogP contribution in [0.5, 0.6) is 5.75 Å². The summed E-state index contributed by atoms with van der Waals surface area (Å²) in [5, 5.41) is 9.30. The van der Waals surface area contributed by atoms with E-state index in [0.717, 1.165) is 0 Å². The fraction of sp³-hybridized carbons (Fsp3) is 0.455. The maximum atomic E-state index is 9.30. The lowest BCUT2D eigenvalue weighted by atomic mass is 10.1. The van der Waals surface area contributed by atoms with E-state index in [1.807, 2.05) is 18.2 Å². The molecule has 0 saturated carbocycles. The van der Waals surface area contributed by atoms with Crippen molar-refractivity contribution in [3.8, 4) is 5.75 Å². The van der Waals surface area contributed by atoms with Gasteiger partial charge in [-0.2, -0.15) is 0 Å². The van der Waals surface area contributed by atoms with Crippen molar-refractivity contribution >= 4 is 0 Å². The lowest BCUT2D eigenvalue weighted by molar-refractivity contribution is -0.236. The van der Waals surface area contributed by atoms with Gasteiger partial charge in [0, 0.05) is 19.8 Å². The van der Waals surface area contributed by atoms with E-state index in [9.17, 15) is 5.11 Å². The number of hydrogen-bond acceptors (Lipinski definition) is 4. The largest absolute Gasteiger partial charge is 0.497 e. The van der Waals surface area contributed by atoms with Gasteiger partial charge in [-0.3, -0.25) is 0 Å². The first-order chi connectivity index (χ1) is 7.22. The molecule has 0 aliphatic rings. The first-order valence-corrected chi connectivity index (χ1v) is 4.58. The Balaban J connectivity index is 3.10. The van der Waals surface area contributed by atoms with Gasteiger partial charge >= 0.3 is 0 Å². The molecular weight excluding hydrogens is 196 g/mol. The van der Waals surface area contributed by atoms with Crippen LogP contribution in [0.15, 0.2) is 24.3 Å². The van der Waals surface area contributed by atoms with Gasteiger partial charge in [-0.05, 0) is 12.1 Å². The van der Waals surface area contributed by atoms with E-state index in [1.165, 1.54) is 14.2 Å². The van der Waals surface area contributed by atoms with Crippen LogP contribution in [-0.4, -0.2) is 33.0 Å². The molecule has 0 saturated heterocycles. The molecule has 0 bridgehead atoms. The van der Waals surface area contributed by atoms with Crippen LogP contribution in [0.4, 0.5) is 0 Å². The Kier molecular flexibility index (Phi) is 4.08. The molecule has 84 valence electrons. The van der Waals surface area contributed by atoms with Crippen LogP contribution < -0.4 is 4.74 Å². The van der Waals surface area contributed by atoms with E-state index in [4.69, 9.17) is 14.2 Å². The third-order valence-corrected chi connectivity index (χ3v) is 2.38.